The average Bonchev–Trinajstić information content (AvgIpc) is 2.54. The van der Waals surface area contributed by atoms with Gasteiger partial charge in [0, 0.05) is 18.0 Å². The second-order valence-electron chi connectivity index (χ2n) is 6.38. The van der Waals surface area contributed by atoms with Crippen molar-refractivity contribution in [1.82, 2.24) is 10.6 Å². The zero-order chi connectivity index (χ0) is 16.8. The number of carbonyl (C=O) groups excluding carboxylic acids is 1. The lowest BCUT2D eigenvalue weighted by Crippen LogP contribution is -2.45. The van der Waals surface area contributed by atoms with Crippen LogP contribution in [0.25, 0.3) is 0 Å². The fourth-order valence-electron chi connectivity index (χ4n) is 3.14. The summed E-state index contributed by atoms with van der Waals surface area (Å²) < 4.78 is 10.6. The number of piperidine rings is 1. The topological polar surface area (TPSA) is 59.6 Å². The van der Waals surface area contributed by atoms with Crippen LogP contribution >= 0.6 is 0 Å². The van der Waals surface area contributed by atoms with Crippen LogP contribution in [-0.4, -0.2) is 38.8 Å². The Hall–Kier alpha value is -1.75. The Morgan fingerprint density at radius 1 is 1.35 bits per heavy atom. The quantitative estimate of drug-likeness (QED) is 0.843. The second kappa shape index (κ2) is 8.20. The van der Waals surface area contributed by atoms with Crippen molar-refractivity contribution in [2.24, 2.45) is 5.92 Å². The van der Waals surface area contributed by atoms with E-state index in [1.807, 2.05) is 25.1 Å². The Bertz CT molecular complexity index is 533. The molecule has 5 nitrogen and oxygen atoms in total. The standard InChI is InChI=1S/C18H28N2O3/c1-12-10-15(7-8-19-12)18(21)20-13(2)9-14-5-6-16(22-3)17(11-14)23-4/h5-6,11-13,15,19H,7-10H2,1-4H3,(H,20,21)/t12-,13?,15-/m0/s1. The summed E-state index contributed by atoms with van der Waals surface area (Å²) in [5.74, 6) is 1.73. The molecule has 1 heterocycles. The first-order chi connectivity index (χ1) is 11.0. The smallest absolute Gasteiger partial charge is 0.223 e. The maximum absolute atomic E-state index is 12.4. The average molecular weight is 320 g/mol. The molecule has 3 atom stereocenters. The molecule has 0 aromatic heterocycles. The van der Waals surface area contributed by atoms with Crippen LogP contribution in [0, 0.1) is 5.92 Å². The van der Waals surface area contributed by atoms with Crippen LogP contribution in [0.15, 0.2) is 18.2 Å². The largest absolute Gasteiger partial charge is 0.493 e. The molecule has 0 aliphatic carbocycles. The fourth-order valence-corrected chi connectivity index (χ4v) is 3.14. The Labute approximate surface area is 138 Å². The fraction of sp³-hybridized carbons (Fsp3) is 0.611. The van der Waals surface area contributed by atoms with Crippen molar-refractivity contribution < 1.29 is 14.3 Å². The summed E-state index contributed by atoms with van der Waals surface area (Å²) in [6.45, 7) is 5.09. The molecule has 2 N–H and O–H groups in total. The monoisotopic (exact) mass is 320 g/mol. The first kappa shape index (κ1) is 17.6. The minimum atomic E-state index is 0.0887. The Balaban J connectivity index is 1.91. The van der Waals surface area contributed by atoms with Gasteiger partial charge >= 0.3 is 0 Å². The van der Waals surface area contributed by atoms with Gasteiger partial charge in [0.05, 0.1) is 14.2 Å². The van der Waals surface area contributed by atoms with Crippen molar-refractivity contribution in [2.45, 2.75) is 45.2 Å². The van der Waals surface area contributed by atoms with E-state index in [4.69, 9.17) is 9.47 Å². The normalized spacial score (nSPS) is 22.3. The maximum atomic E-state index is 12.4. The van der Waals surface area contributed by atoms with Gasteiger partial charge in [0.25, 0.3) is 0 Å². The van der Waals surface area contributed by atoms with E-state index in [1.165, 1.54) is 0 Å². The highest BCUT2D eigenvalue weighted by molar-refractivity contribution is 5.79. The summed E-state index contributed by atoms with van der Waals surface area (Å²) in [5.41, 5.74) is 1.12. The van der Waals surface area contributed by atoms with Gasteiger partial charge in [-0.3, -0.25) is 4.79 Å². The molecular formula is C18H28N2O3. The summed E-state index contributed by atoms with van der Waals surface area (Å²) in [6.07, 6.45) is 2.60. The van der Waals surface area contributed by atoms with Crippen molar-refractivity contribution >= 4 is 5.91 Å². The van der Waals surface area contributed by atoms with E-state index in [-0.39, 0.29) is 17.9 Å². The molecule has 1 unspecified atom stereocenters. The summed E-state index contributed by atoms with van der Waals surface area (Å²) >= 11 is 0. The van der Waals surface area contributed by atoms with Gasteiger partial charge in [-0.05, 0) is 57.4 Å². The van der Waals surface area contributed by atoms with Crippen LogP contribution in [0.1, 0.15) is 32.3 Å². The predicted molar refractivity (Wildman–Crippen MR) is 91.0 cm³/mol. The summed E-state index contributed by atoms with van der Waals surface area (Å²) in [6, 6.07) is 6.38. The molecule has 1 aromatic carbocycles. The van der Waals surface area contributed by atoms with Gasteiger partial charge in [0.15, 0.2) is 11.5 Å². The highest BCUT2D eigenvalue weighted by atomic mass is 16.5. The summed E-state index contributed by atoms with van der Waals surface area (Å²) in [4.78, 5) is 12.4. The first-order valence-corrected chi connectivity index (χ1v) is 8.28. The molecule has 2 rings (SSSR count). The molecule has 1 aliphatic heterocycles. The SMILES string of the molecule is COc1ccc(CC(C)NC(=O)[C@H]2CCN[C@@H](C)C2)cc1OC. The molecule has 1 fully saturated rings. The van der Waals surface area contributed by atoms with E-state index in [9.17, 15) is 4.79 Å². The zero-order valence-electron chi connectivity index (χ0n) is 14.5. The van der Waals surface area contributed by atoms with Crippen molar-refractivity contribution in [1.29, 1.82) is 0 Å². The van der Waals surface area contributed by atoms with Gasteiger partial charge in [-0.1, -0.05) is 6.07 Å². The van der Waals surface area contributed by atoms with Gasteiger partial charge in [-0.15, -0.1) is 0 Å². The number of nitrogens with one attached hydrogen (secondary N) is 2. The second-order valence-corrected chi connectivity index (χ2v) is 6.38. The number of amides is 1. The number of benzene rings is 1. The molecule has 1 aliphatic rings. The van der Waals surface area contributed by atoms with Gasteiger partial charge in [0.2, 0.25) is 5.91 Å². The van der Waals surface area contributed by atoms with Crippen molar-refractivity contribution in [3.05, 3.63) is 23.8 Å². The molecule has 23 heavy (non-hydrogen) atoms. The molecular weight excluding hydrogens is 292 g/mol. The van der Waals surface area contributed by atoms with Crippen molar-refractivity contribution in [2.75, 3.05) is 20.8 Å². The first-order valence-electron chi connectivity index (χ1n) is 8.28. The van der Waals surface area contributed by atoms with E-state index in [1.54, 1.807) is 14.2 Å². The van der Waals surface area contributed by atoms with Crippen molar-refractivity contribution in [3.63, 3.8) is 0 Å². The van der Waals surface area contributed by atoms with E-state index < -0.39 is 0 Å². The molecule has 1 aromatic rings. The van der Waals surface area contributed by atoms with Gasteiger partial charge in [0.1, 0.15) is 0 Å². The van der Waals surface area contributed by atoms with Gasteiger partial charge < -0.3 is 20.1 Å². The molecule has 0 bridgehead atoms. The number of hydrogen-bond acceptors (Lipinski definition) is 4. The Kier molecular flexibility index (Phi) is 6.28. The van der Waals surface area contributed by atoms with Crippen LogP contribution in [-0.2, 0) is 11.2 Å². The lowest BCUT2D eigenvalue weighted by Gasteiger charge is -2.28. The number of rotatable bonds is 6. The number of carbonyl (C=O) groups is 1. The van der Waals surface area contributed by atoms with E-state index >= 15 is 0 Å². The molecule has 0 radical (unpaired) electrons. The Morgan fingerprint density at radius 2 is 2.09 bits per heavy atom. The van der Waals surface area contributed by atoms with Gasteiger partial charge in [-0.25, -0.2) is 0 Å². The van der Waals surface area contributed by atoms with E-state index in [0.717, 1.165) is 42.9 Å². The van der Waals surface area contributed by atoms with Gasteiger partial charge in [-0.2, -0.15) is 0 Å². The molecule has 128 valence electrons. The number of ether oxygens (including phenoxy) is 2. The van der Waals surface area contributed by atoms with Crippen LogP contribution in [0.4, 0.5) is 0 Å². The van der Waals surface area contributed by atoms with Crippen LogP contribution in [0.5, 0.6) is 11.5 Å². The van der Waals surface area contributed by atoms with Crippen LogP contribution in [0.3, 0.4) is 0 Å². The zero-order valence-corrected chi connectivity index (χ0v) is 14.5. The number of hydrogen-bond donors (Lipinski definition) is 2. The third-order valence-corrected chi connectivity index (χ3v) is 4.37. The Morgan fingerprint density at radius 3 is 2.74 bits per heavy atom. The highest BCUT2D eigenvalue weighted by Gasteiger charge is 2.25. The minimum Gasteiger partial charge on any atom is -0.493 e. The maximum Gasteiger partial charge on any atom is 0.223 e. The molecule has 1 amide bonds. The van der Waals surface area contributed by atoms with Crippen LogP contribution < -0.4 is 20.1 Å². The highest BCUT2D eigenvalue weighted by Crippen LogP contribution is 2.28. The van der Waals surface area contributed by atoms with Crippen LogP contribution in [0.2, 0.25) is 0 Å². The third-order valence-electron chi connectivity index (χ3n) is 4.37. The summed E-state index contributed by atoms with van der Waals surface area (Å²) in [5, 5.41) is 6.52. The van der Waals surface area contributed by atoms with Crippen molar-refractivity contribution in [3.8, 4) is 11.5 Å². The van der Waals surface area contributed by atoms with E-state index in [0.29, 0.717) is 6.04 Å². The molecule has 0 saturated carbocycles. The molecule has 5 heteroatoms. The predicted octanol–water partition coefficient (Wildman–Crippen LogP) is 2.14. The molecule has 1 saturated heterocycles. The third kappa shape index (κ3) is 4.86. The number of methoxy groups -OCH3 is 2. The summed E-state index contributed by atoms with van der Waals surface area (Å²) in [7, 11) is 3.26. The lowest BCUT2D eigenvalue weighted by molar-refractivity contribution is -0.126. The minimum absolute atomic E-state index is 0.0887. The lowest BCUT2D eigenvalue weighted by atomic mass is 9.92. The molecule has 0 spiro atoms. The van der Waals surface area contributed by atoms with E-state index in [2.05, 4.69) is 17.6 Å².